The van der Waals surface area contributed by atoms with Crippen LogP contribution >= 0.6 is 12.2 Å². The second-order valence-corrected chi connectivity index (χ2v) is 8.88. The Labute approximate surface area is 225 Å². The highest BCUT2D eigenvalue weighted by molar-refractivity contribution is 7.80. The van der Waals surface area contributed by atoms with E-state index in [9.17, 15) is 19.7 Å². The van der Waals surface area contributed by atoms with Gasteiger partial charge in [-0.15, -0.1) is 0 Å². The Balaban J connectivity index is 1.30. The molecule has 0 spiro atoms. The van der Waals surface area contributed by atoms with Crippen molar-refractivity contribution >= 4 is 46.2 Å². The van der Waals surface area contributed by atoms with E-state index < -0.39 is 10.8 Å². The quantitative estimate of drug-likeness (QED) is 0.265. The van der Waals surface area contributed by atoms with Crippen molar-refractivity contribution in [1.82, 2.24) is 10.2 Å². The molecule has 0 radical (unpaired) electrons. The van der Waals surface area contributed by atoms with E-state index in [0.29, 0.717) is 37.4 Å². The molecule has 0 aliphatic carbocycles. The van der Waals surface area contributed by atoms with E-state index in [0.717, 1.165) is 11.8 Å². The van der Waals surface area contributed by atoms with Gasteiger partial charge in [-0.25, -0.2) is 0 Å². The smallest absolute Gasteiger partial charge is 0.311 e. The summed E-state index contributed by atoms with van der Waals surface area (Å²) in [4.78, 5) is 40.0. The topological polar surface area (TPSA) is 117 Å². The van der Waals surface area contributed by atoms with Crippen LogP contribution in [0.15, 0.2) is 72.8 Å². The van der Waals surface area contributed by atoms with Crippen molar-refractivity contribution < 1.29 is 19.2 Å². The molecule has 0 unspecified atom stereocenters. The number of amides is 2. The third-order valence-electron chi connectivity index (χ3n) is 6.02. The third-order valence-corrected chi connectivity index (χ3v) is 6.23. The Kier molecular flexibility index (Phi) is 8.49. The molecule has 10 nitrogen and oxygen atoms in total. The number of ether oxygens (including phenoxy) is 1. The Hall–Kier alpha value is -4.51. The molecular weight excluding hydrogens is 506 g/mol. The van der Waals surface area contributed by atoms with E-state index in [1.165, 1.54) is 12.1 Å². The molecule has 3 aromatic carbocycles. The largest absolute Gasteiger partial charge is 0.487 e. The van der Waals surface area contributed by atoms with E-state index in [4.69, 9.17) is 17.0 Å². The number of nitro benzene ring substituents is 1. The van der Waals surface area contributed by atoms with Gasteiger partial charge in [0.15, 0.2) is 10.9 Å². The van der Waals surface area contributed by atoms with Crippen LogP contribution in [0.5, 0.6) is 5.75 Å². The number of piperazine rings is 1. The number of nitrogens with zero attached hydrogens (tertiary/aromatic N) is 3. The second kappa shape index (κ2) is 12.2. The van der Waals surface area contributed by atoms with Gasteiger partial charge in [0.2, 0.25) is 0 Å². The fourth-order valence-electron chi connectivity index (χ4n) is 4.10. The highest BCUT2D eigenvalue weighted by Gasteiger charge is 2.22. The zero-order valence-corrected chi connectivity index (χ0v) is 21.6. The van der Waals surface area contributed by atoms with Crippen LogP contribution < -0.4 is 20.3 Å². The fraction of sp³-hybridized carbons (Fsp3) is 0.222. The van der Waals surface area contributed by atoms with E-state index in [1.54, 1.807) is 6.92 Å². The second-order valence-electron chi connectivity index (χ2n) is 8.47. The van der Waals surface area contributed by atoms with E-state index >= 15 is 0 Å². The predicted octanol–water partition coefficient (Wildman–Crippen LogP) is 4.08. The van der Waals surface area contributed by atoms with Crippen LogP contribution in [0.1, 0.15) is 27.6 Å². The molecule has 2 amide bonds. The molecule has 1 aliphatic rings. The van der Waals surface area contributed by atoms with Crippen molar-refractivity contribution in [2.24, 2.45) is 0 Å². The first kappa shape index (κ1) is 26.6. The van der Waals surface area contributed by atoms with Gasteiger partial charge < -0.3 is 19.9 Å². The van der Waals surface area contributed by atoms with Crippen LogP contribution in [0, 0.1) is 10.1 Å². The van der Waals surface area contributed by atoms with Gasteiger partial charge in [0.25, 0.3) is 11.8 Å². The van der Waals surface area contributed by atoms with Gasteiger partial charge in [-0.3, -0.25) is 25.0 Å². The summed E-state index contributed by atoms with van der Waals surface area (Å²) in [6.07, 6.45) is 0. The Morgan fingerprint density at radius 1 is 0.974 bits per heavy atom. The lowest BCUT2D eigenvalue weighted by Gasteiger charge is -2.36. The van der Waals surface area contributed by atoms with Crippen molar-refractivity contribution in [1.29, 1.82) is 0 Å². The number of benzene rings is 3. The average Bonchev–Trinajstić information content (AvgIpc) is 2.94. The lowest BCUT2D eigenvalue weighted by molar-refractivity contribution is -0.385. The first-order valence-electron chi connectivity index (χ1n) is 12.1. The summed E-state index contributed by atoms with van der Waals surface area (Å²) in [5, 5.41) is 16.9. The maximum absolute atomic E-state index is 12.7. The van der Waals surface area contributed by atoms with Crippen LogP contribution in [-0.2, 0) is 0 Å². The van der Waals surface area contributed by atoms with Crippen molar-refractivity contribution in [3.8, 4) is 5.75 Å². The zero-order chi connectivity index (χ0) is 27.1. The SMILES string of the molecule is CCOc1ccc(C(=O)NC(=S)Nc2ccc(N3CCN(C(=O)c4ccccc4)CC3)cc2)cc1[N+](=O)[O-]. The maximum atomic E-state index is 12.7. The molecule has 0 bridgehead atoms. The number of nitrogens with one attached hydrogen (secondary N) is 2. The van der Waals surface area contributed by atoms with Crippen molar-refractivity contribution in [2.75, 3.05) is 43.0 Å². The number of nitro groups is 1. The maximum Gasteiger partial charge on any atom is 0.311 e. The molecule has 0 saturated carbocycles. The van der Waals surface area contributed by atoms with E-state index in [2.05, 4.69) is 15.5 Å². The summed E-state index contributed by atoms with van der Waals surface area (Å²) in [7, 11) is 0. The highest BCUT2D eigenvalue weighted by atomic mass is 32.1. The van der Waals surface area contributed by atoms with Gasteiger partial charge in [-0.1, -0.05) is 18.2 Å². The van der Waals surface area contributed by atoms with Crippen LogP contribution in [0.2, 0.25) is 0 Å². The normalized spacial score (nSPS) is 13.0. The predicted molar refractivity (Wildman–Crippen MR) is 149 cm³/mol. The van der Waals surface area contributed by atoms with Gasteiger partial charge >= 0.3 is 5.69 Å². The molecule has 38 heavy (non-hydrogen) atoms. The minimum absolute atomic E-state index is 0.0419. The Morgan fingerprint density at radius 2 is 1.66 bits per heavy atom. The van der Waals surface area contributed by atoms with Crippen LogP contribution in [0.25, 0.3) is 0 Å². The molecule has 2 N–H and O–H groups in total. The molecule has 1 saturated heterocycles. The molecule has 1 heterocycles. The molecule has 3 aromatic rings. The number of thiocarbonyl (C=S) groups is 1. The first-order valence-corrected chi connectivity index (χ1v) is 12.5. The van der Waals surface area contributed by atoms with Gasteiger partial charge in [-0.05, 0) is 67.7 Å². The van der Waals surface area contributed by atoms with Gasteiger partial charge in [0.05, 0.1) is 11.5 Å². The number of rotatable bonds is 7. The van der Waals surface area contributed by atoms with E-state index in [1.807, 2.05) is 59.5 Å². The molecule has 196 valence electrons. The van der Waals surface area contributed by atoms with Crippen LogP contribution in [0.3, 0.4) is 0 Å². The zero-order valence-electron chi connectivity index (χ0n) is 20.8. The van der Waals surface area contributed by atoms with Crippen LogP contribution in [0.4, 0.5) is 17.1 Å². The average molecular weight is 534 g/mol. The summed E-state index contributed by atoms with van der Waals surface area (Å²) in [6.45, 7) is 4.68. The molecular formula is C27H27N5O5S. The summed E-state index contributed by atoms with van der Waals surface area (Å²) >= 11 is 5.25. The summed E-state index contributed by atoms with van der Waals surface area (Å²) in [5.74, 6) is -0.438. The minimum atomic E-state index is -0.596. The first-order chi connectivity index (χ1) is 18.4. The van der Waals surface area contributed by atoms with Crippen LogP contribution in [-0.4, -0.2) is 59.5 Å². The Morgan fingerprint density at radius 3 is 2.29 bits per heavy atom. The fourth-order valence-corrected chi connectivity index (χ4v) is 4.31. The molecule has 0 atom stereocenters. The van der Waals surface area contributed by atoms with Gasteiger partial charge in [0, 0.05) is 54.7 Å². The number of carbonyl (C=O) groups is 2. The summed E-state index contributed by atoms with van der Waals surface area (Å²) in [5.41, 5.74) is 2.18. The lowest BCUT2D eigenvalue weighted by atomic mass is 10.1. The number of hydrogen-bond donors (Lipinski definition) is 2. The van der Waals surface area contributed by atoms with Gasteiger partial charge in [0.1, 0.15) is 0 Å². The lowest BCUT2D eigenvalue weighted by Crippen LogP contribution is -2.48. The van der Waals surface area contributed by atoms with Crippen molar-refractivity contribution in [2.45, 2.75) is 6.92 Å². The highest BCUT2D eigenvalue weighted by Crippen LogP contribution is 2.28. The number of anilines is 2. The standard InChI is InChI=1S/C27H27N5O5S/c1-2-37-24-13-8-20(18-23(24)32(35)36)25(33)29-27(38)28-21-9-11-22(12-10-21)30-14-16-31(17-15-30)26(34)19-6-4-3-5-7-19/h3-13,18H,2,14-17H2,1H3,(H2,28,29,33,38). The van der Waals surface area contributed by atoms with Crippen molar-refractivity contribution in [3.05, 3.63) is 94.0 Å². The number of carbonyl (C=O) groups excluding carboxylic acids is 2. The molecule has 0 aromatic heterocycles. The Bertz CT molecular complexity index is 1330. The van der Waals surface area contributed by atoms with Gasteiger partial charge in [-0.2, -0.15) is 0 Å². The summed E-state index contributed by atoms with van der Waals surface area (Å²) < 4.78 is 5.25. The molecule has 1 aliphatic heterocycles. The monoisotopic (exact) mass is 533 g/mol. The summed E-state index contributed by atoms with van der Waals surface area (Å²) in [6, 6.07) is 20.8. The minimum Gasteiger partial charge on any atom is -0.487 e. The molecule has 4 rings (SSSR count). The number of hydrogen-bond acceptors (Lipinski definition) is 7. The van der Waals surface area contributed by atoms with Crippen molar-refractivity contribution in [3.63, 3.8) is 0 Å². The molecule has 1 fully saturated rings. The third kappa shape index (κ3) is 6.43. The van der Waals surface area contributed by atoms with E-state index in [-0.39, 0.29) is 34.6 Å². The molecule has 11 heteroatoms.